The maximum atomic E-state index is 15.2. The molecule has 0 radical (unpaired) electrons. The van der Waals surface area contributed by atoms with Crippen LogP contribution in [0.3, 0.4) is 0 Å². The van der Waals surface area contributed by atoms with Crippen LogP contribution >= 0.6 is 0 Å². The molecule has 0 N–H and O–H groups in total. The third kappa shape index (κ3) is 7.53. The fraction of sp³-hybridized carbons (Fsp3) is 0.0606. The Morgan fingerprint density at radius 1 is 0.700 bits per heavy atom. The molecule has 6 nitrogen and oxygen atoms in total. The van der Waals surface area contributed by atoms with Gasteiger partial charge >= 0.3 is 17.9 Å². The Balaban J connectivity index is 1.97. The van der Waals surface area contributed by atoms with Crippen LogP contribution < -0.4 is 14.2 Å². The molecular formula is C33H25FO6. The van der Waals surface area contributed by atoms with Crippen molar-refractivity contribution in [2.45, 2.75) is 13.8 Å². The highest BCUT2D eigenvalue weighted by atomic mass is 19.1. The van der Waals surface area contributed by atoms with Crippen molar-refractivity contribution in [3.63, 3.8) is 0 Å². The van der Waals surface area contributed by atoms with Gasteiger partial charge in [-0.2, -0.15) is 0 Å². The van der Waals surface area contributed by atoms with Gasteiger partial charge in [-0.15, -0.1) is 0 Å². The first-order valence-electron chi connectivity index (χ1n) is 11.9. The monoisotopic (exact) mass is 536 g/mol. The third-order valence-electron chi connectivity index (χ3n) is 5.67. The minimum atomic E-state index is -0.713. The second-order valence-electron chi connectivity index (χ2n) is 8.25. The number of ether oxygens (including phenoxy) is 3. The highest BCUT2D eigenvalue weighted by molar-refractivity contribution is 5.92. The van der Waals surface area contributed by atoms with Crippen LogP contribution in [0.2, 0.25) is 0 Å². The molecule has 200 valence electrons. The van der Waals surface area contributed by atoms with Crippen molar-refractivity contribution in [2.24, 2.45) is 0 Å². The number of esters is 3. The molecule has 0 aliphatic rings. The standard InChI is InChI=1S/C33H25FO6/c1-6-31(35)38-26-15-10-23(11-16-26)9-12-25-19-30(40-33(37)8-3)28(20-29(25)34)22(5)21(4)24-13-17-27(18-14-24)39-32(36)7-2/h6-8,10-11,13-20H,1-3H2,4-5H3. The predicted octanol–water partition coefficient (Wildman–Crippen LogP) is 6.45. The van der Waals surface area contributed by atoms with Crippen molar-refractivity contribution >= 4 is 29.1 Å². The number of hydrogen-bond acceptors (Lipinski definition) is 6. The number of carbonyl (C=O) groups is 3. The lowest BCUT2D eigenvalue weighted by atomic mass is 9.95. The topological polar surface area (TPSA) is 78.9 Å². The largest absolute Gasteiger partial charge is 0.423 e. The van der Waals surface area contributed by atoms with Crippen molar-refractivity contribution in [3.05, 3.63) is 127 Å². The molecule has 0 heterocycles. The van der Waals surface area contributed by atoms with Gasteiger partial charge in [-0.1, -0.05) is 43.7 Å². The Morgan fingerprint density at radius 3 is 1.73 bits per heavy atom. The number of carbonyl (C=O) groups excluding carboxylic acids is 3. The molecule has 0 saturated heterocycles. The van der Waals surface area contributed by atoms with Crippen LogP contribution in [0.25, 0.3) is 11.1 Å². The summed E-state index contributed by atoms with van der Waals surface area (Å²) in [5, 5.41) is 0. The summed E-state index contributed by atoms with van der Waals surface area (Å²) in [5.41, 5.74) is 3.10. The van der Waals surface area contributed by atoms with E-state index in [1.54, 1.807) is 55.5 Å². The minimum Gasteiger partial charge on any atom is -0.423 e. The van der Waals surface area contributed by atoms with Gasteiger partial charge in [0, 0.05) is 35.4 Å². The molecule has 7 heteroatoms. The second kappa shape index (κ2) is 13.4. The molecular weight excluding hydrogens is 511 g/mol. The van der Waals surface area contributed by atoms with Crippen LogP contribution in [0.4, 0.5) is 4.39 Å². The average Bonchev–Trinajstić information content (AvgIpc) is 2.97. The maximum absolute atomic E-state index is 15.2. The molecule has 0 amide bonds. The summed E-state index contributed by atoms with van der Waals surface area (Å²) in [4.78, 5) is 34.8. The van der Waals surface area contributed by atoms with Crippen LogP contribution in [0.5, 0.6) is 17.2 Å². The van der Waals surface area contributed by atoms with Gasteiger partial charge in [0.25, 0.3) is 0 Å². The lowest BCUT2D eigenvalue weighted by Crippen LogP contribution is -2.06. The Kier molecular flexibility index (Phi) is 9.71. The van der Waals surface area contributed by atoms with E-state index in [2.05, 4.69) is 31.6 Å². The van der Waals surface area contributed by atoms with E-state index >= 15 is 4.39 Å². The molecule has 0 saturated carbocycles. The predicted molar refractivity (Wildman–Crippen MR) is 151 cm³/mol. The van der Waals surface area contributed by atoms with Crippen molar-refractivity contribution in [1.29, 1.82) is 0 Å². The van der Waals surface area contributed by atoms with E-state index in [4.69, 9.17) is 14.2 Å². The molecule has 0 bridgehead atoms. The van der Waals surface area contributed by atoms with Crippen molar-refractivity contribution in [3.8, 4) is 29.1 Å². The molecule has 0 aromatic heterocycles. The Bertz CT molecular complexity index is 1580. The zero-order valence-electron chi connectivity index (χ0n) is 22.0. The number of benzene rings is 3. The molecule has 0 fully saturated rings. The van der Waals surface area contributed by atoms with Gasteiger partial charge in [-0.05, 0) is 73.0 Å². The fourth-order valence-electron chi connectivity index (χ4n) is 3.43. The SMILES string of the molecule is C=CC(=O)Oc1ccc(C#Cc2cc(OC(=O)C=C)c(C(C)=C(C)c3ccc(OC(=O)C=C)cc3)cc2F)cc1. The maximum Gasteiger partial charge on any atom is 0.335 e. The zero-order chi connectivity index (χ0) is 29.2. The van der Waals surface area contributed by atoms with E-state index < -0.39 is 23.7 Å². The summed E-state index contributed by atoms with van der Waals surface area (Å²) in [6.07, 6.45) is 3.13. The van der Waals surface area contributed by atoms with Gasteiger partial charge < -0.3 is 14.2 Å². The summed E-state index contributed by atoms with van der Waals surface area (Å²) >= 11 is 0. The molecule has 0 atom stereocenters. The summed E-state index contributed by atoms with van der Waals surface area (Å²) in [6.45, 7) is 13.7. The molecule has 0 unspecified atom stereocenters. The highest BCUT2D eigenvalue weighted by Gasteiger charge is 2.16. The molecule has 0 aliphatic heterocycles. The Labute approximate surface area is 231 Å². The van der Waals surface area contributed by atoms with E-state index in [1.807, 2.05) is 6.92 Å². The molecule has 0 aliphatic carbocycles. The van der Waals surface area contributed by atoms with Crippen LogP contribution in [0.15, 0.2) is 98.6 Å². The van der Waals surface area contributed by atoms with Gasteiger partial charge in [-0.3, -0.25) is 0 Å². The normalized spacial score (nSPS) is 10.7. The zero-order valence-corrected chi connectivity index (χ0v) is 22.0. The van der Waals surface area contributed by atoms with Crippen LogP contribution in [-0.2, 0) is 14.4 Å². The van der Waals surface area contributed by atoms with E-state index in [1.165, 1.54) is 12.1 Å². The first-order chi connectivity index (χ1) is 19.1. The van der Waals surface area contributed by atoms with E-state index in [9.17, 15) is 14.4 Å². The molecule has 0 spiro atoms. The van der Waals surface area contributed by atoms with E-state index in [-0.39, 0.29) is 11.3 Å². The lowest BCUT2D eigenvalue weighted by molar-refractivity contribution is -0.129. The van der Waals surface area contributed by atoms with E-state index in [0.717, 1.165) is 29.4 Å². The Hall–Kier alpha value is -5.48. The number of rotatable bonds is 8. The van der Waals surface area contributed by atoms with Crippen LogP contribution in [0.1, 0.15) is 36.1 Å². The van der Waals surface area contributed by atoms with Crippen LogP contribution in [-0.4, -0.2) is 17.9 Å². The summed E-state index contributed by atoms with van der Waals surface area (Å²) in [5.74, 6) is 3.88. The first-order valence-corrected chi connectivity index (χ1v) is 11.9. The lowest BCUT2D eigenvalue weighted by Gasteiger charge is -2.14. The van der Waals surface area contributed by atoms with Gasteiger partial charge in [-0.25, -0.2) is 18.8 Å². The molecule has 3 aromatic carbocycles. The van der Waals surface area contributed by atoms with Crippen molar-refractivity contribution in [2.75, 3.05) is 0 Å². The Morgan fingerprint density at radius 2 is 1.20 bits per heavy atom. The van der Waals surface area contributed by atoms with Crippen molar-refractivity contribution < 1.29 is 33.0 Å². The van der Waals surface area contributed by atoms with Crippen LogP contribution in [0, 0.1) is 17.7 Å². The second-order valence-corrected chi connectivity index (χ2v) is 8.25. The highest BCUT2D eigenvalue weighted by Crippen LogP contribution is 2.34. The van der Waals surface area contributed by atoms with Gasteiger partial charge in [0.05, 0.1) is 5.56 Å². The first kappa shape index (κ1) is 29.1. The number of allylic oxidation sites excluding steroid dienone is 2. The number of hydrogen-bond donors (Lipinski definition) is 0. The van der Waals surface area contributed by atoms with Gasteiger partial charge in [0.2, 0.25) is 0 Å². The van der Waals surface area contributed by atoms with Crippen molar-refractivity contribution in [1.82, 2.24) is 0 Å². The quantitative estimate of drug-likeness (QED) is 0.108. The average molecular weight is 537 g/mol. The minimum absolute atomic E-state index is 0.0108. The van der Waals surface area contributed by atoms with E-state index in [0.29, 0.717) is 28.2 Å². The third-order valence-corrected chi connectivity index (χ3v) is 5.67. The molecule has 3 aromatic rings. The summed E-state index contributed by atoms with van der Waals surface area (Å²) < 4.78 is 30.8. The van der Waals surface area contributed by atoms with Gasteiger partial charge in [0.1, 0.15) is 23.1 Å². The summed E-state index contributed by atoms with van der Waals surface area (Å²) in [7, 11) is 0. The smallest absolute Gasteiger partial charge is 0.335 e. The number of halogens is 1. The molecule has 3 rings (SSSR count). The fourth-order valence-corrected chi connectivity index (χ4v) is 3.43. The van der Waals surface area contributed by atoms with Gasteiger partial charge in [0.15, 0.2) is 0 Å². The molecule has 40 heavy (non-hydrogen) atoms. The summed E-state index contributed by atoms with van der Waals surface area (Å²) in [6, 6.07) is 15.7.